The van der Waals surface area contributed by atoms with Crippen molar-refractivity contribution in [2.75, 3.05) is 13.2 Å². The topological polar surface area (TPSA) is 75.4 Å². The monoisotopic (exact) mass is 315 g/mol. The number of hydrogen-bond acceptors (Lipinski definition) is 4. The van der Waals surface area contributed by atoms with Gasteiger partial charge in [-0.15, -0.1) is 0 Å². The number of hydrogen-bond donors (Lipinski definition) is 1. The van der Waals surface area contributed by atoms with Gasteiger partial charge in [-0.2, -0.15) is 9.40 Å². The van der Waals surface area contributed by atoms with Gasteiger partial charge in [0, 0.05) is 31.9 Å². The molecule has 0 unspecified atom stereocenters. The van der Waals surface area contributed by atoms with Crippen LogP contribution in [0.25, 0.3) is 0 Å². The first-order valence-electron chi connectivity index (χ1n) is 7.60. The van der Waals surface area contributed by atoms with Gasteiger partial charge in [0.1, 0.15) is 4.90 Å². The summed E-state index contributed by atoms with van der Waals surface area (Å²) in [6, 6.07) is 0.162. The Morgan fingerprint density at radius 3 is 2.76 bits per heavy atom. The van der Waals surface area contributed by atoms with Crippen molar-refractivity contribution in [3.05, 3.63) is 12.4 Å². The molecule has 21 heavy (non-hydrogen) atoms. The van der Waals surface area contributed by atoms with E-state index in [1.54, 1.807) is 15.2 Å². The highest BCUT2D eigenvalue weighted by Gasteiger charge is 2.38. The van der Waals surface area contributed by atoms with Crippen LogP contribution in [0.15, 0.2) is 17.3 Å². The average molecular weight is 315 g/mol. The zero-order valence-corrected chi connectivity index (χ0v) is 13.6. The number of aliphatic hydroxyl groups is 1. The third-order valence-electron chi connectivity index (χ3n) is 3.64. The van der Waals surface area contributed by atoms with Crippen LogP contribution < -0.4 is 0 Å². The molecule has 0 aliphatic heterocycles. The summed E-state index contributed by atoms with van der Waals surface area (Å²) in [7, 11) is -3.45. The maximum absolute atomic E-state index is 12.7. The minimum atomic E-state index is -3.45. The standard InChI is InChI=1S/C14H25N3O3S/c1-12(2)6-8-17(13-4-5-13)21(19,20)14-10-15-16(11-14)7-3-9-18/h10-13,18H,3-9H2,1-2H3. The van der Waals surface area contributed by atoms with Crippen LogP contribution in [0.3, 0.4) is 0 Å². The minimum absolute atomic E-state index is 0.0739. The Morgan fingerprint density at radius 2 is 2.19 bits per heavy atom. The van der Waals surface area contributed by atoms with E-state index < -0.39 is 10.0 Å². The largest absolute Gasteiger partial charge is 0.396 e. The quantitative estimate of drug-likeness (QED) is 0.748. The van der Waals surface area contributed by atoms with Gasteiger partial charge in [-0.25, -0.2) is 8.42 Å². The van der Waals surface area contributed by atoms with Gasteiger partial charge in [-0.05, 0) is 31.6 Å². The molecule has 120 valence electrons. The number of sulfonamides is 1. The highest BCUT2D eigenvalue weighted by atomic mass is 32.2. The van der Waals surface area contributed by atoms with Crippen LogP contribution in [0.2, 0.25) is 0 Å². The normalized spacial score (nSPS) is 16.0. The second-order valence-electron chi connectivity index (χ2n) is 6.05. The third-order valence-corrected chi connectivity index (χ3v) is 5.55. The molecule has 6 nitrogen and oxygen atoms in total. The predicted molar refractivity (Wildman–Crippen MR) is 80.3 cm³/mol. The Labute approximate surface area is 126 Å². The Balaban J connectivity index is 2.12. The summed E-state index contributed by atoms with van der Waals surface area (Å²) in [6.45, 7) is 5.38. The number of aromatic nitrogens is 2. The molecule has 0 spiro atoms. The van der Waals surface area contributed by atoms with Crippen LogP contribution in [0, 0.1) is 5.92 Å². The fourth-order valence-electron chi connectivity index (χ4n) is 2.22. The van der Waals surface area contributed by atoms with E-state index in [4.69, 9.17) is 5.11 Å². The molecule has 2 rings (SSSR count). The van der Waals surface area contributed by atoms with Crippen molar-refractivity contribution in [3.8, 4) is 0 Å². The van der Waals surface area contributed by atoms with Gasteiger partial charge in [0.15, 0.2) is 0 Å². The highest BCUT2D eigenvalue weighted by molar-refractivity contribution is 7.89. The number of aliphatic hydroxyl groups excluding tert-OH is 1. The molecule has 7 heteroatoms. The van der Waals surface area contributed by atoms with Crippen molar-refractivity contribution in [2.24, 2.45) is 5.92 Å². The van der Waals surface area contributed by atoms with Crippen molar-refractivity contribution in [1.29, 1.82) is 0 Å². The van der Waals surface area contributed by atoms with Gasteiger partial charge in [0.05, 0.1) is 6.20 Å². The van der Waals surface area contributed by atoms with Crippen LogP contribution in [-0.2, 0) is 16.6 Å². The van der Waals surface area contributed by atoms with Crippen molar-refractivity contribution in [3.63, 3.8) is 0 Å². The molecule has 0 atom stereocenters. The zero-order valence-electron chi connectivity index (χ0n) is 12.8. The van der Waals surface area contributed by atoms with Crippen LogP contribution in [-0.4, -0.2) is 46.8 Å². The molecule has 1 fully saturated rings. The third kappa shape index (κ3) is 4.28. The zero-order chi connectivity index (χ0) is 15.5. The minimum Gasteiger partial charge on any atom is -0.396 e. The average Bonchev–Trinajstić information content (AvgIpc) is 3.12. The Hall–Kier alpha value is -0.920. The molecule has 0 saturated heterocycles. The fourth-order valence-corrected chi connectivity index (χ4v) is 3.87. The maximum atomic E-state index is 12.7. The molecular weight excluding hydrogens is 290 g/mol. The van der Waals surface area contributed by atoms with Crippen LogP contribution in [0.4, 0.5) is 0 Å². The molecule has 1 aromatic rings. The summed E-state index contributed by atoms with van der Waals surface area (Å²) in [5, 5.41) is 12.9. The summed E-state index contributed by atoms with van der Waals surface area (Å²) in [5.41, 5.74) is 0. The summed E-state index contributed by atoms with van der Waals surface area (Å²) in [6.07, 6.45) is 6.33. The van der Waals surface area contributed by atoms with E-state index in [2.05, 4.69) is 18.9 Å². The molecule has 0 bridgehead atoms. The van der Waals surface area contributed by atoms with E-state index in [-0.39, 0.29) is 17.5 Å². The Morgan fingerprint density at radius 1 is 1.48 bits per heavy atom. The lowest BCUT2D eigenvalue weighted by molar-refractivity contribution is 0.277. The summed E-state index contributed by atoms with van der Waals surface area (Å²) in [5.74, 6) is 0.480. The molecule has 1 aliphatic rings. The van der Waals surface area contributed by atoms with Gasteiger partial charge in [0.25, 0.3) is 0 Å². The van der Waals surface area contributed by atoms with Gasteiger partial charge in [-0.3, -0.25) is 4.68 Å². The smallest absolute Gasteiger partial charge is 0.246 e. The molecule has 1 aliphatic carbocycles. The molecule has 1 heterocycles. The van der Waals surface area contributed by atoms with E-state index in [1.165, 1.54) is 6.20 Å². The van der Waals surface area contributed by atoms with E-state index >= 15 is 0 Å². The predicted octanol–water partition coefficient (Wildman–Crippen LogP) is 1.46. The van der Waals surface area contributed by atoms with Gasteiger partial charge < -0.3 is 5.11 Å². The summed E-state index contributed by atoms with van der Waals surface area (Å²) >= 11 is 0. The molecule has 0 aromatic carbocycles. The molecular formula is C14H25N3O3S. The van der Waals surface area contributed by atoms with Gasteiger partial charge in [0.2, 0.25) is 10.0 Å². The summed E-state index contributed by atoms with van der Waals surface area (Å²) in [4.78, 5) is 0.260. The van der Waals surface area contributed by atoms with Crippen LogP contribution in [0.5, 0.6) is 0 Å². The van der Waals surface area contributed by atoms with Gasteiger partial charge >= 0.3 is 0 Å². The molecule has 0 radical (unpaired) electrons. The second-order valence-corrected chi connectivity index (χ2v) is 7.94. The van der Waals surface area contributed by atoms with E-state index in [9.17, 15) is 8.42 Å². The lowest BCUT2D eigenvalue weighted by Crippen LogP contribution is -2.34. The second kappa shape index (κ2) is 6.89. The van der Waals surface area contributed by atoms with Crippen molar-refractivity contribution in [1.82, 2.24) is 14.1 Å². The molecule has 1 aromatic heterocycles. The van der Waals surface area contributed by atoms with Gasteiger partial charge in [-0.1, -0.05) is 13.8 Å². The maximum Gasteiger partial charge on any atom is 0.246 e. The van der Waals surface area contributed by atoms with Crippen molar-refractivity contribution in [2.45, 2.75) is 57.0 Å². The number of aryl methyl sites for hydroxylation is 1. The molecule has 0 amide bonds. The Kier molecular flexibility index (Phi) is 5.40. The highest BCUT2D eigenvalue weighted by Crippen LogP contribution is 2.32. The van der Waals surface area contributed by atoms with E-state index in [1.807, 2.05) is 0 Å². The fraction of sp³-hybridized carbons (Fsp3) is 0.786. The molecule has 1 saturated carbocycles. The Bertz CT molecular complexity index is 550. The first kappa shape index (κ1) is 16.5. The van der Waals surface area contributed by atoms with Crippen molar-refractivity contribution >= 4 is 10.0 Å². The van der Waals surface area contributed by atoms with E-state index in [0.29, 0.717) is 25.4 Å². The van der Waals surface area contributed by atoms with E-state index in [0.717, 1.165) is 19.3 Å². The molecule has 1 N–H and O–H groups in total. The lowest BCUT2D eigenvalue weighted by Gasteiger charge is -2.21. The number of rotatable bonds is 9. The first-order valence-corrected chi connectivity index (χ1v) is 9.04. The van der Waals surface area contributed by atoms with Crippen LogP contribution >= 0.6 is 0 Å². The lowest BCUT2D eigenvalue weighted by atomic mass is 10.1. The summed E-state index contributed by atoms with van der Waals surface area (Å²) < 4.78 is 28.7. The van der Waals surface area contributed by atoms with Crippen LogP contribution in [0.1, 0.15) is 39.5 Å². The van der Waals surface area contributed by atoms with Crippen molar-refractivity contribution < 1.29 is 13.5 Å². The number of nitrogens with zero attached hydrogens (tertiary/aromatic N) is 3. The SMILES string of the molecule is CC(C)CCN(C1CC1)S(=O)(=O)c1cnn(CCCO)c1. The first-order chi connectivity index (χ1) is 9.95.